The van der Waals surface area contributed by atoms with Crippen molar-refractivity contribution in [2.24, 2.45) is 0 Å². The molecule has 47 heavy (non-hydrogen) atoms. The van der Waals surface area contributed by atoms with E-state index in [1.807, 2.05) is 20.8 Å². The number of rotatable bonds is 23. The van der Waals surface area contributed by atoms with Gasteiger partial charge in [-0.2, -0.15) is 0 Å². The molecule has 0 spiro atoms. The average Bonchev–Trinajstić information content (AvgIpc) is 3.30. The molecule has 14 heteroatoms. The van der Waals surface area contributed by atoms with Gasteiger partial charge in [0.15, 0.2) is 18.3 Å². The van der Waals surface area contributed by atoms with Gasteiger partial charge in [-0.25, -0.2) is 0 Å². The Morgan fingerprint density at radius 3 is 1.47 bits per heavy atom. The molecule has 0 aromatic carbocycles. The number of aliphatic hydroxyl groups is 5. The molecule has 0 aromatic rings. The van der Waals surface area contributed by atoms with E-state index in [1.165, 1.54) is 0 Å². The van der Waals surface area contributed by atoms with Crippen LogP contribution >= 0.6 is 0 Å². The molecule has 2 rings (SSSR count). The Morgan fingerprint density at radius 1 is 0.617 bits per heavy atom. The van der Waals surface area contributed by atoms with E-state index in [1.54, 1.807) is 0 Å². The smallest absolute Gasteiger partial charge is 0.306 e. The zero-order valence-corrected chi connectivity index (χ0v) is 28.3. The van der Waals surface area contributed by atoms with Crippen LogP contribution in [0.3, 0.4) is 0 Å². The second-order valence-corrected chi connectivity index (χ2v) is 12.4. The van der Waals surface area contributed by atoms with Gasteiger partial charge in [0.25, 0.3) is 0 Å². The van der Waals surface area contributed by atoms with Crippen LogP contribution in [0.4, 0.5) is 0 Å². The van der Waals surface area contributed by atoms with Crippen LogP contribution in [0, 0.1) is 0 Å². The minimum atomic E-state index is -2.36. The maximum atomic E-state index is 13.2. The van der Waals surface area contributed by atoms with Crippen molar-refractivity contribution in [3.05, 3.63) is 0 Å². The van der Waals surface area contributed by atoms with Gasteiger partial charge >= 0.3 is 17.9 Å². The van der Waals surface area contributed by atoms with Gasteiger partial charge < -0.3 is 54.0 Å². The SMILES string of the molecule is CCCCCCC(=O)OC1C(CO)OC(OC2(CO)OC(CO)C(O)C2O)C(OC(=O)CCCCCC)C1OC(=O)CCCCCC. The van der Waals surface area contributed by atoms with Crippen molar-refractivity contribution in [1.29, 1.82) is 0 Å². The minimum Gasteiger partial charge on any atom is -0.455 e. The van der Waals surface area contributed by atoms with Gasteiger partial charge in [-0.15, -0.1) is 0 Å². The van der Waals surface area contributed by atoms with Crippen molar-refractivity contribution < 1.29 is 68.3 Å². The van der Waals surface area contributed by atoms with E-state index in [-0.39, 0.29) is 19.3 Å². The number of hydrogen-bond donors (Lipinski definition) is 5. The fourth-order valence-corrected chi connectivity index (χ4v) is 5.71. The molecule has 0 radical (unpaired) electrons. The lowest BCUT2D eigenvalue weighted by Gasteiger charge is -2.46. The Labute approximate surface area is 278 Å². The summed E-state index contributed by atoms with van der Waals surface area (Å²) >= 11 is 0. The summed E-state index contributed by atoms with van der Waals surface area (Å²) in [5.74, 6) is -4.35. The fraction of sp³-hybridized carbons (Fsp3) is 0.909. The zero-order valence-electron chi connectivity index (χ0n) is 28.3. The van der Waals surface area contributed by atoms with E-state index in [9.17, 15) is 39.9 Å². The molecule has 274 valence electrons. The van der Waals surface area contributed by atoms with Crippen molar-refractivity contribution in [1.82, 2.24) is 0 Å². The maximum absolute atomic E-state index is 13.2. The third kappa shape index (κ3) is 12.5. The molecule has 2 heterocycles. The molecule has 9 atom stereocenters. The molecule has 2 aliphatic rings. The number of unbranched alkanes of at least 4 members (excludes halogenated alkanes) is 9. The van der Waals surface area contributed by atoms with Crippen LogP contribution in [-0.4, -0.2) is 118 Å². The van der Waals surface area contributed by atoms with Crippen molar-refractivity contribution in [2.75, 3.05) is 19.8 Å². The van der Waals surface area contributed by atoms with E-state index in [0.29, 0.717) is 19.3 Å². The average molecular weight is 679 g/mol. The van der Waals surface area contributed by atoms with E-state index in [2.05, 4.69) is 0 Å². The predicted octanol–water partition coefficient (Wildman–Crippen LogP) is 2.17. The Morgan fingerprint density at radius 2 is 1.06 bits per heavy atom. The normalized spacial score (nSPS) is 30.6. The lowest BCUT2D eigenvalue weighted by molar-refractivity contribution is -0.384. The van der Waals surface area contributed by atoms with E-state index in [0.717, 1.165) is 57.8 Å². The van der Waals surface area contributed by atoms with Crippen LogP contribution in [0.5, 0.6) is 0 Å². The largest absolute Gasteiger partial charge is 0.455 e. The van der Waals surface area contributed by atoms with Crippen LogP contribution in [0.25, 0.3) is 0 Å². The fourth-order valence-electron chi connectivity index (χ4n) is 5.71. The van der Waals surface area contributed by atoms with Crippen molar-refractivity contribution in [2.45, 2.75) is 172 Å². The summed E-state index contributed by atoms with van der Waals surface area (Å²) in [4.78, 5) is 39.3. The first-order valence-electron chi connectivity index (χ1n) is 17.4. The zero-order chi connectivity index (χ0) is 34.8. The first kappa shape index (κ1) is 41.3. The molecule has 14 nitrogen and oxygen atoms in total. The third-order valence-corrected chi connectivity index (χ3v) is 8.50. The first-order valence-corrected chi connectivity index (χ1v) is 17.4. The molecule has 2 saturated heterocycles. The Bertz CT molecular complexity index is 918. The van der Waals surface area contributed by atoms with Crippen LogP contribution < -0.4 is 0 Å². The van der Waals surface area contributed by atoms with Crippen LogP contribution in [0.2, 0.25) is 0 Å². The molecular formula is C33H58O14. The molecule has 0 aliphatic carbocycles. The summed E-state index contributed by atoms with van der Waals surface area (Å²) in [7, 11) is 0. The molecule has 5 N–H and O–H groups in total. The van der Waals surface area contributed by atoms with Gasteiger partial charge in [0.2, 0.25) is 12.1 Å². The number of carbonyl (C=O) groups excluding carboxylic acids is 3. The molecule has 0 amide bonds. The molecule has 0 bridgehead atoms. The Balaban J connectivity index is 2.47. The van der Waals surface area contributed by atoms with E-state index in [4.69, 9.17) is 28.4 Å². The standard InChI is InChI=1S/C33H58O14/c1-4-7-10-13-16-24(37)43-28-23(20-35)42-32(47-33(21-36)31(41)27(40)22(19-34)46-33)30(45-26(39)18-15-12-9-6-3)29(28)44-25(38)17-14-11-8-5-2/h22-23,27-32,34-36,40-41H,4-21H2,1-3H3. The molecular weight excluding hydrogens is 620 g/mol. The minimum absolute atomic E-state index is 0.00177. The molecule has 9 unspecified atom stereocenters. The monoisotopic (exact) mass is 678 g/mol. The van der Waals surface area contributed by atoms with Crippen LogP contribution in [0.15, 0.2) is 0 Å². The second kappa shape index (κ2) is 21.9. The summed E-state index contributed by atoms with van der Waals surface area (Å²) in [5, 5.41) is 51.5. The summed E-state index contributed by atoms with van der Waals surface area (Å²) in [6.45, 7) is 3.60. The number of ether oxygens (including phenoxy) is 6. The second-order valence-electron chi connectivity index (χ2n) is 12.4. The van der Waals surface area contributed by atoms with Gasteiger partial charge in [0.05, 0.1) is 13.2 Å². The maximum Gasteiger partial charge on any atom is 0.306 e. The number of carbonyl (C=O) groups is 3. The highest BCUT2D eigenvalue weighted by Crippen LogP contribution is 2.38. The molecule has 0 saturated carbocycles. The van der Waals surface area contributed by atoms with Gasteiger partial charge in [-0.05, 0) is 19.3 Å². The molecule has 0 aromatic heterocycles. The van der Waals surface area contributed by atoms with Gasteiger partial charge in [0.1, 0.15) is 31.0 Å². The van der Waals surface area contributed by atoms with Crippen LogP contribution in [0.1, 0.15) is 117 Å². The highest BCUT2D eigenvalue weighted by molar-refractivity contribution is 5.71. The summed E-state index contributed by atoms with van der Waals surface area (Å²) in [6, 6.07) is 0. The Hall–Kier alpha value is -1.91. The van der Waals surface area contributed by atoms with Gasteiger partial charge in [-0.1, -0.05) is 78.6 Å². The van der Waals surface area contributed by atoms with Crippen molar-refractivity contribution in [3.8, 4) is 0 Å². The number of hydrogen-bond acceptors (Lipinski definition) is 14. The van der Waals surface area contributed by atoms with E-state index >= 15 is 0 Å². The summed E-state index contributed by atoms with van der Waals surface area (Å²) < 4.78 is 34.8. The van der Waals surface area contributed by atoms with Gasteiger partial charge in [-0.3, -0.25) is 14.4 Å². The topological polar surface area (TPSA) is 208 Å². The highest BCUT2D eigenvalue weighted by Gasteiger charge is 2.60. The lowest BCUT2D eigenvalue weighted by Crippen LogP contribution is -2.65. The van der Waals surface area contributed by atoms with Crippen molar-refractivity contribution >= 4 is 17.9 Å². The van der Waals surface area contributed by atoms with Crippen molar-refractivity contribution in [3.63, 3.8) is 0 Å². The first-order chi connectivity index (χ1) is 22.6. The Kier molecular flexibility index (Phi) is 19.3. The van der Waals surface area contributed by atoms with Gasteiger partial charge in [0, 0.05) is 19.3 Å². The molecule has 2 aliphatic heterocycles. The molecule has 2 fully saturated rings. The highest BCUT2D eigenvalue weighted by atomic mass is 16.8. The number of aliphatic hydroxyl groups excluding tert-OH is 5. The number of esters is 3. The van der Waals surface area contributed by atoms with E-state index < -0.39 is 92.5 Å². The quantitative estimate of drug-likeness (QED) is 0.0597. The predicted molar refractivity (Wildman–Crippen MR) is 167 cm³/mol. The lowest BCUT2D eigenvalue weighted by atomic mass is 9.97. The summed E-state index contributed by atoms with van der Waals surface area (Å²) in [5.41, 5.74) is 0. The van der Waals surface area contributed by atoms with Crippen LogP contribution in [-0.2, 0) is 42.8 Å². The third-order valence-electron chi connectivity index (χ3n) is 8.50. The summed E-state index contributed by atoms with van der Waals surface area (Å²) in [6.07, 6.45) is -2.93.